The second-order valence-corrected chi connectivity index (χ2v) is 12.8. The molecule has 0 unspecified atom stereocenters. The van der Waals surface area contributed by atoms with Crippen LogP contribution in [0, 0.1) is 0 Å². The fraction of sp³-hybridized carbons (Fsp3) is 0.500. The molecule has 1 aromatic heterocycles. The molecule has 0 atom stereocenters. The Balaban J connectivity index is 1.86. The van der Waals surface area contributed by atoms with Crippen LogP contribution in [0.15, 0.2) is 30.3 Å². The largest absolute Gasteiger partial charge is 0.394 e. The van der Waals surface area contributed by atoms with Gasteiger partial charge in [-0.2, -0.15) is 0 Å². The van der Waals surface area contributed by atoms with Gasteiger partial charge in [-0.1, -0.05) is 0 Å². The highest BCUT2D eigenvalue weighted by atomic mass is 32.2. The number of carbonyl (C=O) groups is 1. The Morgan fingerprint density at radius 2 is 1.72 bits per heavy atom. The summed E-state index contributed by atoms with van der Waals surface area (Å²) in [5, 5.41) is 14.6. The van der Waals surface area contributed by atoms with Crippen LogP contribution in [-0.4, -0.2) is 46.4 Å². The zero-order chi connectivity index (χ0) is 23.9. The summed E-state index contributed by atoms with van der Waals surface area (Å²) in [7, 11) is -3.49. The fourth-order valence-electron chi connectivity index (χ4n) is 3.40. The van der Waals surface area contributed by atoms with Crippen LogP contribution < -0.4 is 16.4 Å². The lowest BCUT2D eigenvalue weighted by Gasteiger charge is -2.26. The lowest BCUT2D eigenvalue weighted by Crippen LogP contribution is -2.48. The van der Waals surface area contributed by atoms with Gasteiger partial charge in [-0.15, -0.1) is 0 Å². The number of benzene rings is 1. The van der Waals surface area contributed by atoms with E-state index in [0.717, 1.165) is 0 Å². The zero-order valence-corrected chi connectivity index (χ0v) is 19.9. The summed E-state index contributed by atoms with van der Waals surface area (Å²) in [6, 6.07) is 7.93. The molecule has 2 amide bonds. The van der Waals surface area contributed by atoms with Crippen LogP contribution in [0.4, 0.5) is 16.3 Å². The summed E-state index contributed by atoms with van der Waals surface area (Å²) in [5.41, 5.74) is 6.86. The van der Waals surface area contributed by atoms with E-state index in [1.54, 1.807) is 65.0 Å². The van der Waals surface area contributed by atoms with E-state index in [-0.39, 0.29) is 12.4 Å². The third-order valence-corrected chi connectivity index (χ3v) is 8.74. The summed E-state index contributed by atoms with van der Waals surface area (Å²) in [4.78, 5) is 20.9. The second kappa shape index (κ2) is 8.00. The summed E-state index contributed by atoms with van der Waals surface area (Å²) in [6.07, 6.45) is 1.01. The van der Waals surface area contributed by atoms with Gasteiger partial charge in [0.2, 0.25) is 0 Å². The molecule has 10 heteroatoms. The summed E-state index contributed by atoms with van der Waals surface area (Å²) < 4.78 is 24.5. The van der Waals surface area contributed by atoms with E-state index in [2.05, 4.69) is 20.6 Å². The highest BCUT2D eigenvalue weighted by molar-refractivity contribution is 7.94. The summed E-state index contributed by atoms with van der Waals surface area (Å²) >= 11 is 0. The second-order valence-electron chi connectivity index (χ2n) is 9.81. The number of rotatable bonds is 6. The van der Waals surface area contributed by atoms with E-state index >= 15 is 0 Å². The summed E-state index contributed by atoms with van der Waals surface area (Å²) in [5.74, 6) is 0.529. The van der Waals surface area contributed by atoms with Crippen molar-refractivity contribution in [1.82, 2.24) is 15.3 Å². The van der Waals surface area contributed by atoms with Gasteiger partial charge in [0.15, 0.2) is 15.7 Å². The number of nitrogens with one attached hydrogen (secondary N) is 2. The molecule has 0 radical (unpaired) electrons. The number of carbonyl (C=O) groups excluding carboxylic acids is 1. The predicted molar refractivity (Wildman–Crippen MR) is 125 cm³/mol. The SMILES string of the molecule is CC(C)(CO)NC(=O)Nc1ccc(-c2nc(N)cc(C3(S(=O)(=O)C(C)(C)C)CC3)n2)cc1. The van der Waals surface area contributed by atoms with Crippen molar-refractivity contribution in [2.24, 2.45) is 0 Å². The molecule has 1 aliphatic rings. The number of amides is 2. The van der Waals surface area contributed by atoms with E-state index in [4.69, 9.17) is 5.73 Å². The number of hydrogen-bond acceptors (Lipinski definition) is 7. The van der Waals surface area contributed by atoms with E-state index in [1.807, 2.05) is 0 Å². The molecule has 9 nitrogen and oxygen atoms in total. The molecule has 0 aliphatic heterocycles. The van der Waals surface area contributed by atoms with Crippen molar-refractivity contribution in [3.63, 3.8) is 0 Å². The van der Waals surface area contributed by atoms with E-state index < -0.39 is 30.9 Å². The number of anilines is 2. The lowest BCUT2D eigenvalue weighted by atomic mass is 10.1. The average molecular weight is 462 g/mol. The number of sulfone groups is 1. The average Bonchev–Trinajstić information content (AvgIpc) is 3.49. The minimum Gasteiger partial charge on any atom is -0.394 e. The van der Waals surface area contributed by atoms with E-state index in [1.165, 1.54) is 0 Å². The number of urea groups is 1. The van der Waals surface area contributed by atoms with Crippen LogP contribution in [0.1, 0.15) is 53.2 Å². The zero-order valence-electron chi connectivity index (χ0n) is 19.1. The van der Waals surface area contributed by atoms with Crippen molar-refractivity contribution in [2.75, 3.05) is 17.7 Å². The molecule has 1 saturated carbocycles. The molecular weight excluding hydrogens is 430 g/mol. The molecule has 1 aliphatic carbocycles. The van der Waals surface area contributed by atoms with Crippen LogP contribution in [0.3, 0.4) is 0 Å². The van der Waals surface area contributed by atoms with Crippen LogP contribution in [0.25, 0.3) is 11.4 Å². The predicted octanol–water partition coefficient (Wildman–Crippen LogP) is 2.82. The molecule has 0 saturated heterocycles. The first-order chi connectivity index (χ1) is 14.7. The lowest BCUT2D eigenvalue weighted by molar-refractivity contribution is 0.187. The van der Waals surface area contributed by atoms with Crippen LogP contribution in [0.5, 0.6) is 0 Å². The number of aliphatic hydroxyl groups is 1. The molecule has 32 heavy (non-hydrogen) atoms. The van der Waals surface area contributed by atoms with Crippen molar-refractivity contribution in [3.05, 3.63) is 36.0 Å². The van der Waals surface area contributed by atoms with Gasteiger partial charge in [-0.3, -0.25) is 0 Å². The summed E-state index contributed by atoms with van der Waals surface area (Å²) in [6.45, 7) is 8.29. The van der Waals surface area contributed by atoms with Crippen molar-refractivity contribution in [1.29, 1.82) is 0 Å². The smallest absolute Gasteiger partial charge is 0.319 e. The van der Waals surface area contributed by atoms with Crippen LogP contribution in [0.2, 0.25) is 0 Å². The third-order valence-electron chi connectivity index (χ3n) is 5.49. The fourth-order valence-corrected chi connectivity index (χ4v) is 5.59. The Morgan fingerprint density at radius 3 is 2.22 bits per heavy atom. The normalized spacial score (nSPS) is 15.8. The minimum absolute atomic E-state index is 0.194. The van der Waals surface area contributed by atoms with Gasteiger partial charge in [0.05, 0.1) is 22.6 Å². The van der Waals surface area contributed by atoms with Crippen molar-refractivity contribution in [3.8, 4) is 11.4 Å². The molecule has 5 N–H and O–H groups in total. The maximum absolute atomic E-state index is 13.2. The molecular formula is C22H31N5O4S. The number of aromatic nitrogens is 2. The number of aliphatic hydroxyl groups excluding tert-OH is 1. The number of hydrogen-bond donors (Lipinski definition) is 4. The minimum atomic E-state index is -3.49. The number of nitrogens with two attached hydrogens (primary N) is 1. The molecule has 1 heterocycles. The first-order valence-electron chi connectivity index (χ1n) is 10.4. The van der Waals surface area contributed by atoms with Crippen molar-refractivity contribution < 1.29 is 18.3 Å². The van der Waals surface area contributed by atoms with E-state index in [0.29, 0.717) is 35.6 Å². The van der Waals surface area contributed by atoms with E-state index in [9.17, 15) is 18.3 Å². The Morgan fingerprint density at radius 1 is 1.12 bits per heavy atom. The molecule has 1 aromatic carbocycles. The molecule has 174 valence electrons. The van der Waals surface area contributed by atoms with Gasteiger partial charge < -0.3 is 21.5 Å². The monoisotopic (exact) mass is 461 g/mol. The molecule has 0 bridgehead atoms. The molecule has 1 fully saturated rings. The molecule has 3 rings (SSSR count). The van der Waals surface area contributed by atoms with Crippen molar-refractivity contribution in [2.45, 2.75) is 62.5 Å². The van der Waals surface area contributed by atoms with Gasteiger partial charge in [0.1, 0.15) is 10.6 Å². The Hall–Kier alpha value is -2.72. The van der Waals surface area contributed by atoms with Crippen LogP contribution in [-0.2, 0) is 14.6 Å². The maximum atomic E-state index is 13.2. The Kier molecular flexibility index (Phi) is 5.99. The topological polar surface area (TPSA) is 147 Å². The third kappa shape index (κ3) is 4.56. The van der Waals surface area contributed by atoms with Gasteiger partial charge in [-0.25, -0.2) is 23.2 Å². The first kappa shape index (κ1) is 23.9. The van der Waals surface area contributed by atoms with Crippen LogP contribution >= 0.6 is 0 Å². The Bertz CT molecular complexity index is 1120. The number of nitrogen functional groups attached to an aromatic ring is 1. The molecule has 0 spiro atoms. The first-order valence-corrected chi connectivity index (χ1v) is 11.9. The van der Waals surface area contributed by atoms with Crippen molar-refractivity contribution >= 4 is 27.4 Å². The standard InChI is InChI=1S/C22H31N5O4S/c1-20(2,3)32(30,31)22(10-11-22)16-12-17(23)26-18(25-16)14-6-8-15(9-7-14)24-19(29)27-21(4,5)13-28/h6-9,12,28H,10-11,13H2,1-5H3,(H2,23,25,26)(H2,24,27,29). The molecule has 2 aromatic rings. The highest BCUT2D eigenvalue weighted by Crippen LogP contribution is 2.55. The quantitative estimate of drug-likeness (QED) is 0.517. The Labute approximate surface area is 188 Å². The highest BCUT2D eigenvalue weighted by Gasteiger charge is 2.60. The maximum Gasteiger partial charge on any atom is 0.319 e. The van der Waals surface area contributed by atoms with Gasteiger partial charge in [0.25, 0.3) is 0 Å². The van der Waals surface area contributed by atoms with Gasteiger partial charge >= 0.3 is 6.03 Å². The van der Waals surface area contributed by atoms with Gasteiger partial charge in [-0.05, 0) is 71.7 Å². The number of nitrogens with zero attached hydrogens (tertiary/aromatic N) is 2. The van der Waals surface area contributed by atoms with Gasteiger partial charge in [0, 0.05) is 17.3 Å².